The maximum absolute atomic E-state index is 6.19. The third-order valence-electron chi connectivity index (χ3n) is 2.83. The van der Waals surface area contributed by atoms with Gasteiger partial charge in [-0.25, -0.2) is 0 Å². The summed E-state index contributed by atoms with van der Waals surface area (Å²) < 4.78 is 10.5. The van der Waals surface area contributed by atoms with Crippen LogP contribution in [0.15, 0.2) is 17.7 Å². The first-order chi connectivity index (χ1) is 9.47. The minimum Gasteiger partial charge on any atom is -0.493 e. The molecule has 0 radical (unpaired) electrons. The van der Waals surface area contributed by atoms with Crippen LogP contribution in [0.5, 0.6) is 11.5 Å². The van der Waals surface area contributed by atoms with Gasteiger partial charge in [0.15, 0.2) is 11.5 Å². The summed E-state index contributed by atoms with van der Waals surface area (Å²) in [4.78, 5) is 0. The summed E-state index contributed by atoms with van der Waals surface area (Å²) in [6.07, 6.45) is 2.10. The first kappa shape index (κ1) is 16.9. The lowest BCUT2D eigenvalue weighted by Crippen LogP contribution is -2.21. The lowest BCUT2D eigenvalue weighted by Gasteiger charge is -2.11. The monoisotopic (exact) mass is 297 g/mol. The summed E-state index contributed by atoms with van der Waals surface area (Å²) in [6.45, 7) is 8.36. The molecule has 0 unspecified atom stereocenters. The van der Waals surface area contributed by atoms with Gasteiger partial charge in [0.2, 0.25) is 0 Å². The molecule has 0 heterocycles. The van der Waals surface area contributed by atoms with E-state index in [1.807, 2.05) is 12.1 Å². The molecule has 0 amide bonds. The highest BCUT2D eigenvalue weighted by molar-refractivity contribution is 6.32. The van der Waals surface area contributed by atoms with Gasteiger partial charge in [0, 0.05) is 6.54 Å². The van der Waals surface area contributed by atoms with Crippen LogP contribution in [0.2, 0.25) is 5.02 Å². The molecule has 0 bridgehead atoms. The second-order valence-corrected chi connectivity index (χ2v) is 5.66. The number of hydrogen-bond acceptors (Lipinski definition) is 3. The molecule has 1 aromatic rings. The van der Waals surface area contributed by atoms with Crippen LogP contribution < -0.4 is 14.8 Å². The molecule has 112 valence electrons. The van der Waals surface area contributed by atoms with Crippen LogP contribution in [0.25, 0.3) is 6.08 Å². The first-order valence-corrected chi connectivity index (χ1v) is 7.15. The molecule has 4 heteroatoms. The average Bonchev–Trinajstić information content (AvgIpc) is 2.37. The van der Waals surface area contributed by atoms with E-state index in [2.05, 4.69) is 32.2 Å². The number of ether oxygens (including phenoxy) is 2. The van der Waals surface area contributed by atoms with Crippen molar-refractivity contribution in [3.05, 3.63) is 28.3 Å². The number of halogens is 1. The van der Waals surface area contributed by atoms with E-state index in [0.29, 0.717) is 22.4 Å². The molecule has 0 saturated carbocycles. The van der Waals surface area contributed by atoms with Crippen molar-refractivity contribution < 1.29 is 9.47 Å². The van der Waals surface area contributed by atoms with Gasteiger partial charge < -0.3 is 14.8 Å². The maximum atomic E-state index is 6.19. The lowest BCUT2D eigenvalue weighted by molar-refractivity contribution is 0.355. The average molecular weight is 298 g/mol. The highest BCUT2D eigenvalue weighted by Gasteiger charge is 2.09. The largest absolute Gasteiger partial charge is 0.493 e. The van der Waals surface area contributed by atoms with E-state index in [1.165, 1.54) is 5.57 Å². The number of rotatable bonds is 7. The Morgan fingerprint density at radius 3 is 2.55 bits per heavy atom. The molecule has 3 nitrogen and oxygen atoms in total. The topological polar surface area (TPSA) is 30.5 Å². The zero-order valence-electron chi connectivity index (χ0n) is 12.9. The van der Waals surface area contributed by atoms with E-state index in [0.717, 1.165) is 18.7 Å². The Bertz CT molecular complexity index is 470. The van der Waals surface area contributed by atoms with Crippen LogP contribution in [0.1, 0.15) is 26.3 Å². The Morgan fingerprint density at radius 2 is 2.00 bits per heavy atom. The summed E-state index contributed by atoms with van der Waals surface area (Å²) in [5.41, 5.74) is 2.26. The fourth-order valence-corrected chi connectivity index (χ4v) is 2.21. The van der Waals surface area contributed by atoms with E-state index < -0.39 is 0 Å². The Labute approximate surface area is 126 Å². The Hall–Kier alpha value is -1.19. The number of nitrogens with one attached hydrogen (secondary N) is 1. The molecule has 1 aromatic carbocycles. The van der Waals surface area contributed by atoms with Gasteiger partial charge in [-0.3, -0.25) is 0 Å². The van der Waals surface area contributed by atoms with Crippen LogP contribution >= 0.6 is 11.6 Å². The summed E-state index contributed by atoms with van der Waals surface area (Å²) in [7, 11) is 3.19. The molecule has 0 aliphatic carbocycles. The van der Waals surface area contributed by atoms with Crippen LogP contribution in [0, 0.1) is 5.92 Å². The molecule has 0 aromatic heterocycles. The predicted octanol–water partition coefficient (Wildman–Crippen LogP) is 4.01. The highest BCUT2D eigenvalue weighted by Crippen LogP contribution is 2.36. The molecule has 0 fully saturated rings. The number of benzene rings is 1. The van der Waals surface area contributed by atoms with Crippen LogP contribution in [0.3, 0.4) is 0 Å². The fourth-order valence-electron chi connectivity index (χ4n) is 1.91. The summed E-state index contributed by atoms with van der Waals surface area (Å²) in [5, 5.41) is 3.97. The van der Waals surface area contributed by atoms with Gasteiger partial charge in [0.25, 0.3) is 0 Å². The molecule has 0 spiro atoms. The van der Waals surface area contributed by atoms with E-state index in [1.54, 1.807) is 14.2 Å². The minimum atomic E-state index is 0.557. The van der Waals surface area contributed by atoms with Crippen molar-refractivity contribution in [1.29, 1.82) is 0 Å². The van der Waals surface area contributed by atoms with E-state index in [9.17, 15) is 0 Å². The van der Waals surface area contributed by atoms with Gasteiger partial charge in [-0.2, -0.15) is 0 Å². The van der Waals surface area contributed by atoms with Crippen LogP contribution in [-0.4, -0.2) is 27.3 Å². The molecular formula is C16H24ClNO2. The Kier molecular flexibility index (Phi) is 6.89. The van der Waals surface area contributed by atoms with Crippen molar-refractivity contribution in [3.63, 3.8) is 0 Å². The zero-order valence-corrected chi connectivity index (χ0v) is 13.7. The van der Waals surface area contributed by atoms with Crippen LogP contribution in [0.4, 0.5) is 0 Å². The normalized spacial score (nSPS) is 11.8. The van der Waals surface area contributed by atoms with E-state index in [-0.39, 0.29) is 0 Å². The smallest absolute Gasteiger partial charge is 0.179 e. The van der Waals surface area contributed by atoms with Crippen molar-refractivity contribution in [3.8, 4) is 11.5 Å². The minimum absolute atomic E-state index is 0.557. The summed E-state index contributed by atoms with van der Waals surface area (Å²) in [5.74, 6) is 1.87. The van der Waals surface area contributed by atoms with Crippen molar-refractivity contribution >= 4 is 17.7 Å². The second-order valence-electron chi connectivity index (χ2n) is 5.25. The Balaban J connectivity index is 2.83. The van der Waals surface area contributed by atoms with Gasteiger partial charge in [0.05, 0.1) is 19.2 Å². The predicted molar refractivity (Wildman–Crippen MR) is 85.9 cm³/mol. The Morgan fingerprint density at radius 1 is 1.30 bits per heavy atom. The molecule has 1 N–H and O–H groups in total. The standard InChI is InChI=1S/C16H24ClNO2/c1-11(2)9-18-10-12(3)6-13-7-14(17)16(20-5)15(8-13)19-4/h6-8,11,18H,9-10H2,1-5H3. The van der Waals surface area contributed by atoms with E-state index in [4.69, 9.17) is 21.1 Å². The maximum Gasteiger partial charge on any atom is 0.179 e. The lowest BCUT2D eigenvalue weighted by atomic mass is 10.1. The third kappa shape index (κ3) is 5.06. The van der Waals surface area contributed by atoms with E-state index >= 15 is 0 Å². The zero-order chi connectivity index (χ0) is 15.1. The molecule has 20 heavy (non-hydrogen) atoms. The van der Waals surface area contributed by atoms with Gasteiger partial charge in [-0.1, -0.05) is 37.1 Å². The summed E-state index contributed by atoms with van der Waals surface area (Å²) >= 11 is 6.19. The van der Waals surface area contributed by atoms with Crippen molar-refractivity contribution in [2.24, 2.45) is 5.92 Å². The molecule has 1 rings (SSSR count). The SMILES string of the molecule is COc1cc(C=C(C)CNCC(C)C)cc(Cl)c1OC. The van der Waals surface area contributed by atoms with Gasteiger partial charge in [-0.05, 0) is 37.1 Å². The second kappa shape index (κ2) is 8.18. The fraction of sp³-hybridized carbons (Fsp3) is 0.500. The van der Waals surface area contributed by atoms with Crippen molar-refractivity contribution in [1.82, 2.24) is 5.32 Å². The molecule has 0 aliphatic rings. The van der Waals surface area contributed by atoms with Gasteiger partial charge in [-0.15, -0.1) is 0 Å². The van der Waals surface area contributed by atoms with Gasteiger partial charge >= 0.3 is 0 Å². The molecular weight excluding hydrogens is 274 g/mol. The third-order valence-corrected chi connectivity index (χ3v) is 3.11. The van der Waals surface area contributed by atoms with Gasteiger partial charge in [0.1, 0.15) is 0 Å². The van der Waals surface area contributed by atoms with Crippen molar-refractivity contribution in [2.45, 2.75) is 20.8 Å². The summed E-state index contributed by atoms with van der Waals surface area (Å²) in [6, 6.07) is 3.81. The number of hydrogen-bond donors (Lipinski definition) is 1. The molecule has 0 atom stereocenters. The van der Waals surface area contributed by atoms with Crippen LogP contribution in [-0.2, 0) is 0 Å². The highest BCUT2D eigenvalue weighted by atomic mass is 35.5. The molecule has 0 saturated heterocycles. The first-order valence-electron chi connectivity index (χ1n) is 6.77. The quantitative estimate of drug-likeness (QED) is 0.825. The van der Waals surface area contributed by atoms with Crippen molar-refractivity contribution in [2.75, 3.05) is 27.3 Å². The molecule has 0 aliphatic heterocycles. The number of methoxy groups -OCH3 is 2.